The quantitative estimate of drug-likeness (QED) is 0.648. The Balaban J connectivity index is 1.91. The molecule has 0 radical (unpaired) electrons. The normalized spacial score (nSPS) is 19.5. The molecule has 1 saturated heterocycles. The van der Waals surface area contributed by atoms with E-state index in [-0.39, 0.29) is 17.6 Å². The summed E-state index contributed by atoms with van der Waals surface area (Å²) in [6.07, 6.45) is 0.719. The molecule has 1 fully saturated rings. The van der Waals surface area contributed by atoms with Crippen LogP contribution in [0.4, 0.5) is 5.69 Å². The van der Waals surface area contributed by atoms with Gasteiger partial charge in [0.2, 0.25) is 5.91 Å². The van der Waals surface area contributed by atoms with Crippen LogP contribution >= 0.6 is 0 Å². The van der Waals surface area contributed by atoms with E-state index in [1.165, 1.54) is 12.1 Å². The minimum Gasteiger partial charge on any atom is -0.340 e. The van der Waals surface area contributed by atoms with Gasteiger partial charge in [-0.25, -0.2) is 0 Å². The van der Waals surface area contributed by atoms with Crippen molar-refractivity contribution >= 4 is 11.6 Å². The van der Waals surface area contributed by atoms with Crippen LogP contribution < -0.4 is 5.32 Å². The van der Waals surface area contributed by atoms with Gasteiger partial charge in [0.15, 0.2) is 0 Å². The molecule has 0 aliphatic carbocycles. The fourth-order valence-electron chi connectivity index (χ4n) is 2.16. The summed E-state index contributed by atoms with van der Waals surface area (Å²) in [4.78, 5) is 23.8. The maximum atomic E-state index is 11.9. The van der Waals surface area contributed by atoms with E-state index in [1.807, 2.05) is 11.8 Å². The second-order valence-electron chi connectivity index (χ2n) is 4.67. The van der Waals surface area contributed by atoms with Gasteiger partial charge in [-0.15, -0.1) is 0 Å². The van der Waals surface area contributed by atoms with Crippen molar-refractivity contribution in [1.29, 1.82) is 0 Å². The minimum atomic E-state index is -0.411. The van der Waals surface area contributed by atoms with Gasteiger partial charge < -0.3 is 10.2 Å². The number of nitrogens with zero attached hydrogens (tertiary/aromatic N) is 2. The molecule has 1 atom stereocenters. The molecule has 0 saturated carbocycles. The van der Waals surface area contributed by atoms with Crippen LogP contribution in [-0.4, -0.2) is 41.4 Å². The van der Waals surface area contributed by atoms with Crippen molar-refractivity contribution in [3.05, 3.63) is 39.9 Å². The molecule has 1 unspecified atom stereocenters. The van der Waals surface area contributed by atoms with Crippen molar-refractivity contribution in [3.63, 3.8) is 0 Å². The molecule has 6 heteroatoms. The first-order valence-electron chi connectivity index (χ1n) is 6.33. The monoisotopic (exact) mass is 263 g/mol. The predicted octanol–water partition coefficient (Wildman–Crippen LogP) is 0.958. The zero-order valence-corrected chi connectivity index (χ0v) is 10.8. The van der Waals surface area contributed by atoms with E-state index in [1.54, 1.807) is 12.1 Å². The standard InChI is InChI=1S/C13H17N3O3/c1-10-13(17)15(9-7-14-10)8-6-11-2-4-12(5-3-11)16(18)19/h2-5,10,14H,6-9H2,1H3. The Morgan fingerprint density at radius 1 is 1.42 bits per heavy atom. The van der Waals surface area contributed by atoms with E-state index in [4.69, 9.17) is 0 Å². The number of hydrogen-bond acceptors (Lipinski definition) is 4. The second kappa shape index (κ2) is 5.79. The molecule has 102 valence electrons. The van der Waals surface area contributed by atoms with E-state index >= 15 is 0 Å². The van der Waals surface area contributed by atoms with E-state index < -0.39 is 4.92 Å². The lowest BCUT2D eigenvalue weighted by atomic mass is 10.1. The Kier molecular flexibility index (Phi) is 4.11. The highest BCUT2D eigenvalue weighted by Gasteiger charge is 2.23. The average Bonchev–Trinajstić information content (AvgIpc) is 2.41. The number of rotatable bonds is 4. The molecule has 0 aromatic heterocycles. The third kappa shape index (κ3) is 3.29. The van der Waals surface area contributed by atoms with E-state index in [2.05, 4.69) is 5.32 Å². The van der Waals surface area contributed by atoms with Gasteiger partial charge in [0.25, 0.3) is 5.69 Å². The third-order valence-electron chi connectivity index (χ3n) is 3.33. The SMILES string of the molecule is CC1NCCN(CCc2ccc([N+](=O)[O-])cc2)C1=O. The van der Waals surface area contributed by atoms with Crippen molar-refractivity contribution in [2.45, 2.75) is 19.4 Å². The van der Waals surface area contributed by atoms with Crippen LogP contribution in [0.3, 0.4) is 0 Å². The van der Waals surface area contributed by atoms with Crippen LogP contribution in [0.25, 0.3) is 0 Å². The number of carbonyl (C=O) groups excluding carboxylic acids is 1. The Morgan fingerprint density at radius 2 is 2.11 bits per heavy atom. The summed E-state index contributed by atoms with van der Waals surface area (Å²) in [6, 6.07) is 6.36. The van der Waals surface area contributed by atoms with Gasteiger partial charge >= 0.3 is 0 Å². The molecule has 1 heterocycles. The molecule has 19 heavy (non-hydrogen) atoms. The van der Waals surface area contributed by atoms with E-state index in [0.29, 0.717) is 6.54 Å². The lowest BCUT2D eigenvalue weighted by Gasteiger charge is -2.31. The molecule has 1 aliphatic rings. The number of piperazine rings is 1. The molecule has 6 nitrogen and oxygen atoms in total. The summed E-state index contributed by atoms with van der Waals surface area (Å²) < 4.78 is 0. The summed E-state index contributed by atoms with van der Waals surface area (Å²) in [5, 5.41) is 13.7. The predicted molar refractivity (Wildman–Crippen MR) is 70.8 cm³/mol. The van der Waals surface area contributed by atoms with Crippen molar-refractivity contribution in [2.24, 2.45) is 0 Å². The van der Waals surface area contributed by atoms with Crippen molar-refractivity contribution in [3.8, 4) is 0 Å². The first-order chi connectivity index (χ1) is 9.08. The van der Waals surface area contributed by atoms with Crippen molar-refractivity contribution in [2.75, 3.05) is 19.6 Å². The Bertz CT molecular complexity index is 473. The molecule has 1 N–H and O–H groups in total. The van der Waals surface area contributed by atoms with Gasteiger partial charge in [0.1, 0.15) is 0 Å². The highest BCUT2D eigenvalue weighted by molar-refractivity contribution is 5.82. The number of amides is 1. The van der Waals surface area contributed by atoms with Gasteiger partial charge in [-0.2, -0.15) is 0 Å². The van der Waals surface area contributed by atoms with Crippen molar-refractivity contribution in [1.82, 2.24) is 10.2 Å². The molecule has 1 aliphatic heterocycles. The summed E-state index contributed by atoms with van der Waals surface area (Å²) in [5.74, 6) is 0.119. The number of non-ortho nitro benzene ring substituents is 1. The van der Waals surface area contributed by atoms with E-state index in [0.717, 1.165) is 25.1 Å². The average molecular weight is 263 g/mol. The largest absolute Gasteiger partial charge is 0.340 e. The molecule has 2 rings (SSSR count). The molecule has 1 amide bonds. The first kappa shape index (κ1) is 13.5. The van der Waals surface area contributed by atoms with Gasteiger partial charge in [0, 0.05) is 31.8 Å². The van der Waals surface area contributed by atoms with E-state index in [9.17, 15) is 14.9 Å². The maximum Gasteiger partial charge on any atom is 0.269 e. The molecule has 0 spiro atoms. The Morgan fingerprint density at radius 3 is 2.74 bits per heavy atom. The third-order valence-corrected chi connectivity index (χ3v) is 3.33. The number of nitro benzene ring substituents is 1. The summed E-state index contributed by atoms with van der Waals surface area (Å²) in [7, 11) is 0. The van der Waals surface area contributed by atoms with Crippen LogP contribution in [0.2, 0.25) is 0 Å². The maximum absolute atomic E-state index is 11.9. The Hall–Kier alpha value is -1.95. The lowest BCUT2D eigenvalue weighted by Crippen LogP contribution is -2.54. The fraction of sp³-hybridized carbons (Fsp3) is 0.462. The molecule has 1 aromatic carbocycles. The summed E-state index contributed by atoms with van der Waals surface area (Å²) in [5.41, 5.74) is 1.10. The topological polar surface area (TPSA) is 75.5 Å². The van der Waals surface area contributed by atoms with Crippen LogP contribution in [-0.2, 0) is 11.2 Å². The zero-order chi connectivity index (χ0) is 13.8. The minimum absolute atomic E-state index is 0.0932. The van der Waals surface area contributed by atoms with Gasteiger partial charge in [-0.1, -0.05) is 12.1 Å². The molecule has 1 aromatic rings. The smallest absolute Gasteiger partial charge is 0.269 e. The van der Waals surface area contributed by atoms with Gasteiger partial charge in [0.05, 0.1) is 11.0 Å². The fourth-order valence-corrected chi connectivity index (χ4v) is 2.16. The first-order valence-corrected chi connectivity index (χ1v) is 6.33. The number of hydrogen-bond donors (Lipinski definition) is 1. The number of nitro groups is 1. The summed E-state index contributed by atoms with van der Waals surface area (Å²) in [6.45, 7) is 4.05. The summed E-state index contributed by atoms with van der Waals surface area (Å²) >= 11 is 0. The second-order valence-corrected chi connectivity index (χ2v) is 4.67. The highest BCUT2D eigenvalue weighted by atomic mass is 16.6. The number of nitrogens with one attached hydrogen (secondary N) is 1. The van der Waals surface area contributed by atoms with Gasteiger partial charge in [-0.3, -0.25) is 14.9 Å². The number of benzene rings is 1. The molecule has 0 bridgehead atoms. The Labute approximate surface area is 111 Å². The highest BCUT2D eigenvalue weighted by Crippen LogP contribution is 2.13. The van der Waals surface area contributed by atoms with Crippen LogP contribution in [0, 0.1) is 10.1 Å². The molecular formula is C13H17N3O3. The van der Waals surface area contributed by atoms with Crippen LogP contribution in [0.5, 0.6) is 0 Å². The van der Waals surface area contributed by atoms with Crippen LogP contribution in [0.15, 0.2) is 24.3 Å². The lowest BCUT2D eigenvalue weighted by molar-refractivity contribution is -0.384. The molecular weight excluding hydrogens is 246 g/mol. The van der Waals surface area contributed by atoms with Gasteiger partial charge in [-0.05, 0) is 18.9 Å². The van der Waals surface area contributed by atoms with Crippen molar-refractivity contribution < 1.29 is 9.72 Å². The van der Waals surface area contributed by atoms with Crippen LogP contribution in [0.1, 0.15) is 12.5 Å². The number of carbonyl (C=O) groups is 1. The zero-order valence-electron chi connectivity index (χ0n) is 10.8.